The van der Waals surface area contributed by atoms with Crippen molar-refractivity contribution in [2.75, 3.05) is 19.6 Å². The first-order valence-corrected chi connectivity index (χ1v) is 8.10. The van der Waals surface area contributed by atoms with Crippen molar-refractivity contribution in [3.05, 3.63) is 0 Å². The lowest BCUT2D eigenvalue weighted by molar-refractivity contribution is -0.139. The van der Waals surface area contributed by atoms with Gasteiger partial charge in [-0.1, -0.05) is 13.3 Å². The van der Waals surface area contributed by atoms with E-state index in [-0.39, 0.29) is 0 Å². The number of nitrogens with zero attached hydrogens (tertiary/aromatic N) is 1. The van der Waals surface area contributed by atoms with E-state index in [0.29, 0.717) is 29.7 Å². The number of amides is 1. The fraction of sp³-hybridized carbons (Fsp3) is 0.938. The molecule has 2 unspecified atom stereocenters. The van der Waals surface area contributed by atoms with Gasteiger partial charge in [0.1, 0.15) is 0 Å². The predicted molar refractivity (Wildman–Crippen MR) is 78.9 cm³/mol. The zero-order valence-electron chi connectivity index (χ0n) is 12.8. The molecule has 2 aliphatic rings. The van der Waals surface area contributed by atoms with Crippen molar-refractivity contribution in [2.24, 2.45) is 17.8 Å². The molecule has 1 heterocycles. The summed E-state index contributed by atoms with van der Waals surface area (Å²) in [6.07, 6.45) is 6.01. The van der Waals surface area contributed by atoms with E-state index in [2.05, 4.69) is 31.0 Å². The molecule has 0 radical (unpaired) electrons. The SMILES string of the molecule is CC1CCCC1C(=O)N(CC1CCNCC1)C(C)C. The lowest BCUT2D eigenvalue weighted by atomic mass is 9.93. The van der Waals surface area contributed by atoms with Gasteiger partial charge in [0, 0.05) is 18.5 Å². The second-order valence-corrected chi connectivity index (χ2v) is 6.79. The Hall–Kier alpha value is -0.570. The Morgan fingerprint density at radius 1 is 1.21 bits per heavy atom. The lowest BCUT2D eigenvalue weighted by Crippen LogP contribution is -2.45. The quantitative estimate of drug-likeness (QED) is 0.848. The zero-order chi connectivity index (χ0) is 13.8. The molecule has 0 aromatic rings. The van der Waals surface area contributed by atoms with Gasteiger partial charge < -0.3 is 10.2 Å². The van der Waals surface area contributed by atoms with E-state index in [0.717, 1.165) is 26.1 Å². The Balaban J connectivity index is 1.96. The van der Waals surface area contributed by atoms with Crippen LogP contribution in [0.2, 0.25) is 0 Å². The minimum atomic E-state index is 0.295. The zero-order valence-corrected chi connectivity index (χ0v) is 12.8. The molecule has 1 amide bonds. The average molecular weight is 266 g/mol. The van der Waals surface area contributed by atoms with E-state index in [1.54, 1.807) is 0 Å². The molecule has 0 aromatic carbocycles. The third-order valence-corrected chi connectivity index (χ3v) is 5.00. The number of hydrogen-bond donors (Lipinski definition) is 1. The molecule has 1 aliphatic heterocycles. The van der Waals surface area contributed by atoms with Gasteiger partial charge in [0.05, 0.1) is 0 Å². The second kappa shape index (κ2) is 6.74. The number of nitrogens with one attached hydrogen (secondary N) is 1. The Bertz CT molecular complexity index is 297. The van der Waals surface area contributed by atoms with Gasteiger partial charge in [-0.15, -0.1) is 0 Å². The summed E-state index contributed by atoms with van der Waals surface area (Å²) in [5, 5.41) is 3.41. The van der Waals surface area contributed by atoms with Crippen LogP contribution in [-0.2, 0) is 4.79 Å². The molecule has 0 bridgehead atoms. The maximum absolute atomic E-state index is 12.8. The molecular weight excluding hydrogens is 236 g/mol. The Morgan fingerprint density at radius 2 is 1.89 bits per heavy atom. The molecule has 3 heteroatoms. The molecular formula is C16H30N2O. The van der Waals surface area contributed by atoms with Crippen LogP contribution in [0.4, 0.5) is 0 Å². The van der Waals surface area contributed by atoms with E-state index in [1.165, 1.54) is 25.7 Å². The first-order chi connectivity index (χ1) is 9.09. The first kappa shape index (κ1) is 14.8. The number of hydrogen-bond acceptors (Lipinski definition) is 2. The van der Waals surface area contributed by atoms with Crippen LogP contribution < -0.4 is 5.32 Å². The van der Waals surface area contributed by atoms with Crippen molar-refractivity contribution < 1.29 is 4.79 Å². The molecule has 2 rings (SSSR count). The predicted octanol–water partition coefficient (Wildman–Crippen LogP) is 2.66. The fourth-order valence-corrected chi connectivity index (χ4v) is 3.62. The average Bonchev–Trinajstić information content (AvgIpc) is 2.82. The van der Waals surface area contributed by atoms with Gasteiger partial charge in [-0.3, -0.25) is 4.79 Å². The van der Waals surface area contributed by atoms with E-state index in [1.807, 2.05) is 0 Å². The highest BCUT2D eigenvalue weighted by Gasteiger charge is 2.34. The summed E-state index contributed by atoms with van der Waals surface area (Å²) >= 11 is 0. The van der Waals surface area contributed by atoms with Gasteiger partial charge in [0.15, 0.2) is 0 Å². The maximum Gasteiger partial charge on any atom is 0.226 e. The molecule has 3 nitrogen and oxygen atoms in total. The summed E-state index contributed by atoms with van der Waals surface area (Å²) in [4.78, 5) is 15.0. The van der Waals surface area contributed by atoms with Crippen LogP contribution in [-0.4, -0.2) is 36.5 Å². The summed E-state index contributed by atoms with van der Waals surface area (Å²) < 4.78 is 0. The van der Waals surface area contributed by atoms with Crippen LogP contribution in [0.1, 0.15) is 52.9 Å². The van der Waals surface area contributed by atoms with E-state index < -0.39 is 0 Å². The minimum absolute atomic E-state index is 0.295. The van der Waals surface area contributed by atoms with Crippen LogP contribution in [0.5, 0.6) is 0 Å². The summed E-state index contributed by atoms with van der Waals surface area (Å²) in [7, 11) is 0. The second-order valence-electron chi connectivity index (χ2n) is 6.79. The third-order valence-electron chi connectivity index (χ3n) is 5.00. The van der Waals surface area contributed by atoms with E-state index in [9.17, 15) is 4.79 Å². The summed E-state index contributed by atoms with van der Waals surface area (Å²) in [6, 6.07) is 0.343. The van der Waals surface area contributed by atoms with Gasteiger partial charge >= 0.3 is 0 Å². The summed E-state index contributed by atoms with van der Waals surface area (Å²) in [5.74, 6) is 2.01. The van der Waals surface area contributed by atoms with Crippen LogP contribution in [0.3, 0.4) is 0 Å². The fourth-order valence-electron chi connectivity index (χ4n) is 3.62. The summed E-state index contributed by atoms with van der Waals surface area (Å²) in [6.45, 7) is 9.78. The van der Waals surface area contributed by atoms with E-state index >= 15 is 0 Å². The monoisotopic (exact) mass is 266 g/mol. The van der Waals surface area contributed by atoms with Crippen LogP contribution in [0.25, 0.3) is 0 Å². The maximum atomic E-state index is 12.8. The third kappa shape index (κ3) is 3.71. The van der Waals surface area contributed by atoms with Crippen molar-refractivity contribution in [3.63, 3.8) is 0 Å². The number of piperidine rings is 1. The van der Waals surface area contributed by atoms with Gasteiger partial charge in [-0.05, 0) is 64.5 Å². The minimum Gasteiger partial charge on any atom is -0.340 e. The van der Waals surface area contributed by atoms with Crippen molar-refractivity contribution in [1.82, 2.24) is 10.2 Å². The molecule has 1 N–H and O–H groups in total. The normalized spacial score (nSPS) is 28.8. The lowest BCUT2D eigenvalue weighted by Gasteiger charge is -2.35. The molecule has 0 spiro atoms. The molecule has 1 saturated carbocycles. The first-order valence-electron chi connectivity index (χ1n) is 8.10. The Morgan fingerprint density at radius 3 is 2.42 bits per heavy atom. The number of carbonyl (C=O) groups is 1. The highest BCUT2D eigenvalue weighted by Crippen LogP contribution is 2.33. The highest BCUT2D eigenvalue weighted by atomic mass is 16.2. The van der Waals surface area contributed by atoms with Gasteiger partial charge in [-0.25, -0.2) is 0 Å². The number of rotatable bonds is 4. The molecule has 19 heavy (non-hydrogen) atoms. The molecule has 1 aliphatic carbocycles. The van der Waals surface area contributed by atoms with Gasteiger partial charge in [0.25, 0.3) is 0 Å². The Kier molecular flexibility index (Phi) is 5.26. The summed E-state index contributed by atoms with van der Waals surface area (Å²) in [5.41, 5.74) is 0. The van der Waals surface area contributed by atoms with Gasteiger partial charge in [0.2, 0.25) is 5.91 Å². The molecule has 1 saturated heterocycles. The van der Waals surface area contributed by atoms with E-state index in [4.69, 9.17) is 0 Å². The van der Waals surface area contributed by atoms with Crippen LogP contribution in [0.15, 0.2) is 0 Å². The highest BCUT2D eigenvalue weighted by molar-refractivity contribution is 5.79. The van der Waals surface area contributed by atoms with Crippen LogP contribution >= 0.6 is 0 Å². The van der Waals surface area contributed by atoms with Crippen LogP contribution in [0, 0.1) is 17.8 Å². The molecule has 2 fully saturated rings. The van der Waals surface area contributed by atoms with Crippen molar-refractivity contribution in [1.29, 1.82) is 0 Å². The number of carbonyl (C=O) groups excluding carboxylic acids is 1. The van der Waals surface area contributed by atoms with Gasteiger partial charge in [-0.2, -0.15) is 0 Å². The van der Waals surface area contributed by atoms with Crippen molar-refractivity contribution in [3.8, 4) is 0 Å². The largest absolute Gasteiger partial charge is 0.340 e. The topological polar surface area (TPSA) is 32.3 Å². The Labute approximate surface area is 118 Å². The molecule has 110 valence electrons. The smallest absolute Gasteiger partial charge is 0.226 e. The standard InChI is InChI=1S/C16H30N2O/c1-12(2)18(11-14-7-9-17-10-8-14)16(19)15-6-4-5-13(15)3/h12-15,17H,4-11H2,1-3H3. The molecule has 0 aromatic heterocycles. The van der Waals surface area contributed by atoms with Crippen molar-refractivity contribution in [2.45, 2.75) is 58.9 Å². The molecule has 2 atom stereocenters. The van der Waals surface area contributed by atoms with Crippen molar-refractivity contribution >= 4 is 5.91 Å².